The molecule has 10 aromatic rings. The average molecular weight is 737 g/mol. The monoisotopic (exact) mass is 736 g/mol. The van der Waals surface area contributed by atoms with Gasteiger partial charge in [-0.3, -0.25) is 0 Å². The van der Waals surface area contributed by atoms with Crippen molar-refractivity contribution in [2.24, 2.45) is 0 Å². The minimum absolute atomic E-state index is 0.631. The normalized spacial score (nSPS) is 11.4. The number of fused-ring (bicyclic) bond motifs is 4. The molecule has 0 aliphatic heterocycles. The largest absolute Gasteiger partial charge is 0.208 e. The predicted octanol–water partition coefficient (Wildman–Crippen LogP) is 13.7. The fraction of sp³-hybridized carbons (Fsp3) is 0. The molecule has 1 aliphatic carbocycles. The molecular formula is C54H32N4. The van der Waals surface area contributed by atoms with Gasteiger partial charge in [-0.15, -0.1) is 0 Å². The van der Waals surface area contributed by atoms with Gasteiger partial charge in [-0.1, -0.05) is 170 Å². The van der Waals surface area contributed by atoms with Crippen molar-refractivity contribution in [2.75, 3.05) is 0 Å². The van der Waals surface area contributed by atoms with Crippen LogP contribution in [0, 0.1) is 11.3 Å². The van der Waals surface area contributed by atoms with Crippen molar-refractivity contribution in [3.8, 4) is 95.9 Å². The van der Waals surface area contributed by atoms with Crippen LogP contribution in [-0.2, 0) is 0 Å². The summed E-state index contributed by atoms with van der Waals surface area (Å²) in [4.78, 5) is 14.7. The van der Waals surface area contributed by atoms with Crippen LogP contribution < -0.4 is 0 Å². The van der Waals surface area contributed by atoms with Crippen LogP contribution in [0.25, 0.3) is 111 Å². The van der Waals surface area contributed by atoms with Gasteiger partial charge >= 0.3 is 0 Å². The molecule has 9 aromatic carbocycles. The molecule has 0 unspecified atom stereocenters. The highest BCUT2D eigenvalue weighted by Gasteiger charge is 2.25. The summed E-state index contributed by atoms with van der Waals surface area (Å²) in [6.45, 7) is 0. The number of nitrogens with zero attached hydrogens (tertiary/aromatic N) is 4. The van der Waals surface area contributed by atoms with Gasteiger partial charge in [-0.05, 0) is 101 Å². The van der Waals surface area contributed by atoms with E-state index in [-0.39, 0.29) is 0 Å². The summed E-state index contributed by atoms with van der Waals surface area (Å²) >= 11 is 0. The summed E-state index contributed by atoms with van der Waals surface area (Å²) in [5, 5.41) is 14.3. The number of rotatable bonds is 6. The number of hydrogen-bond donors (Lipinski definition) is 0. The predicted molar refractivity (Wildman–Crippen MR) is 237 cm³/mol. The Morgan fingerprint density at radius 2 is 0.741 bits per heavy atom. The molecule has 0 spiro atoms. The van der Waals surface area contributed by atoms with Gasteiger partial charge in [0, 0.05) is 16.7 Å². The molecule has 0 N–H and O–H groups in total. The van der Waals surface area contributed by atoms with E-state index in [1.807, 2.05) is 78.9 Å². The van der Waals surface area contributed by atoms with Crippen molar-refractivity contribution in [1.82, 2.24) is 15.0 Å². The molecule has 1 heterocycles. The molecule has 0 saturated heterocycles. The summed E-state index contributed by atoms with van der Waals surface area (Å²) < 4.78 is 0. The minimum Gasteiger partial charge on any atom is -0.208 e. The van der Waals surface area contributed by atoms with Crippen molar-refractivity contribution in [3.63, 3.8) is 0 Å². The van der Waals surface area contributed by atoms with E-state index in [1.165, 1.54) is 44.2 Å². The van der Waals surface area contributed by atoms with Crippen LogP contribution in [0.1, 0.15) is 5.56 Å². The van der Waals surface area contributed by atoms with Gasteiger partial charge in [-0.2, -0.15) is 5.26 Å². The van der Waals surface area contributed by atoms with Gasteiger partial charge in [0.05, 0.1) is 11.6 Å². The third-order valence-corrected chi connectivity index (χ3v) is 11.3. The topological polar surface area (TPSA) is 62.5 Å². The van der Waals surface area contributed by atoms with Gasteiger partial charge < -0.3 is 0 Å². The fourth-order valence-corrected chi connectivity index (χ4v) is 8.48. The second-order valence-electron chi connectivity index (χ2n) is 14.7. The van der Waals surface area contributed by atoms with E-state index in [2.05, 4.69) is 121 Å². The number of aromatic nitrogens is 3. The fourth-order valence-electron chi connectivity index (χ4n) is 8.48. The first kappa shape index (κ1) is 33.3. The molecule has 1 aliphatic rings. The van der Waals surface area contributed by atoms with Crippen LogP contribution in [-0.4, -0.2) is 15.0 Å². The first-order chi connectivity index (χ1) is 28.7. The number of nitriles is 1. The van der Waals surface area contributed by atoms with Crippen molar-refractivity contribution in [3.05, 3.63) is 200 Å². The zero-order valence-corrected chi connectivity index (χ0v) is 31.3. The van der Waals surface area contributed by atoms with Crippen molar-refractivity contribution in [1.29, 1.82) is 5.26 Å². The maximum Gasteiger partial charge on any atom is 0.164 e. The second kappa shape index (κ2) is 13.6. The van der Waals surface area contributed by atoms with Crippen molar-refractivity contribution in [2.45, 2.75) is 0 Å². The lowest BCUT2D eigenvalue weighted by molar-refractivity contribution is 1.07. The lowest BCUT2D eigenvalue weighted by Crippen LogP contribution is -2.00. The Morgan fingerprint density at radius 3 is 1.34 bits per heavy atom. The average Bonchev–Trinajstić information content (AvgIpc) is 3.63. The highest BCUT2D eigenvalue weighted by Crippen LogP contribution is 2.52. The summed E-state index contributed by atoms with van der Waals surface area (Å²) in [5.74, 6) is 1.92. The molecule has 11 rings (SSSR count). The lowest BCUT2D eigenvalue weighted by Gasteiger charge is -2.16. The summed E-state index contributed by atoms with van der Waals surface area (Å²) in [6.07, 6.45) is 0. The zero-order chi connectivity index (χ0) is 38.6. The van der Waals surface area contributed by atoms with Crippen LogP contribution >= 0.6 is 0 Å². The molecule has 0 atom stereocenters. The molecule has 4 nitrogen and oxygen atoms in total. The third-order valence-electron chi connectivity index (χ3n) is 11.3. The van der Waals surface area contributed by atoms with Crippen LogP contribution in [0.4, 0.5) is 0 Å². The maximum atomic E-state index is 9.65. The Kier molecular flexibility index (Phi) is 7.84. The van der Waals surface area contributed by atoms with Crippen LogP contribution in [0.2, 0.25) is 0 Å². The van der Waals surface area contributed by atoms with E-state index >= 15 is 0 Å². The summed E-state index contributed by atoms with van der Waals surface area (Å²) in [5.41, 5.74) is 15.4. The molecule has 58 heavy (non-hydrogen) atoms. The van der Waals surface area contributed by atoms with E-state index in [1.54, 1.807) is 0 Å². The quantitative estimate of drug-likeness (QED) is 0.170. The van der Waals surface area contributed by atoms with Gasteiger partial charge in [-0.25, -0.2) is 15.0 Å². The SMILES string of the molecule is N#Cc1ccc2ccc(-c3ccc4c5c(ccc(-c6cccc(-c7ccc(-c8nc(-c9ccccc9)nc(-c9ccccc9)n8)cc7)c6)c35)-c3ccccc3-4)cc2c1. The molecule has 0 fully saturated rings. The highest BCUT2D eigenvalue weighted by atomic mass is 15.0. The first-order valence-corrected chi connectivity index (χ1v) is 19.4. The van der Waals surface area contributed by atoms with E-state index < -0.39 is 0 Å². The number of hydrogen-bond acceptors (Lipinski definition) is 4. The highest BCUT2D eigenvalue weighted by molar-refractivity contribution is 6.22. The van der Waals surface area contributed by atoms with Gasteiger partial charge in [0.25, 0.3) is 0 Å². The van der Waals surface area contributed by atoms with Crippen molar-refractivity contribution >= 4 is 21.5 Å². The smallest absolute Gasteiger partial charge is 0.164 e. The van der Waals surface area contributed by atoms with Crippen LogP contribution in [0.15, 0.2) is 194 Å². The van der Waals surface area contributed by atoms with Crippen molar-refractivity contribution < 1.29 is 0 Å². The Morgan fingerprint density at radius 1 is 0.293 bits per heavy atom. The van der Waals surface area contributed by atoms with E-state index in [0.29, 0.717) is 23.0 Å². The summed E-state index contributed by atoms with van der Waals surface area (Å²) in [7, 11) is 0. The molecule has 1 aromatic heterocycles. The Hall–Kier alpha value is -8.00. The van der Waals surface area contributed by atoms with E-state index in [4.69, 9.17) is 15.0 Å². The van der Waals surface area contributed by atoms with Gasteiger partial charge in [0.1, 0.15) is 0 Å². The first-order valence-electron chi connectivity index (χ1n) is 19.4. The van der Waals surface area contributed by atoms with Gasteiger partial charge in [0.2, 0.25) is 0 Å². The Balaban J connectivity index is 1.02. The minimum atomic E-state index is 0.631. The van der Waals surface area contributed by atoms with Crippen LogP contribution in [0.5, 0.6) is 0 Å². The van der Waals surface area contributed by atoms with E-state index in [0.717, 1.165) is 49.7 Å². The lowest BCUT2D eigenvalue weighted by atomic mass is 9.87. The zero-order valence-electron chi connectivity index (χ0n) is 31.3. The van der Waals surface area contributed by atoms with E-state index in [9.17, 15) is 5.26 Å². The van der Waals surface area contributed by atoms with Crippen LogP contribution in [0.3, 0.4) is 0 Å². The standard InChI is InChI=1S/C54H32N4/c55-33-34-18-19-36-22-25-42(32-43(36)30-34)45-27-29-49-47-17-8-7-16-46(47)48-28-26-44(50(45)51(48)49)41-15-9-14-40(31-41)35-20-23-39(24-21-35)54-57-52(37-10-3-1-4-11-37)56-53(58-54)38-12-5-2-6-13-38/h1-32H. The summed E-state index contributed by atoms with van der Waals surface area (Å²) in [6, 6.07) is 70.1. The molecular weight excluding hydrogens is 705 g/mol. The molecule has 0 saturated carbocycles. The molecule has 0 bridgehead atoms. The Bertz CT molecular complexity index is 3190. The van der Waals surface area contributed by atoms with Gasteiger partial charge in [0.15, 0.2) is 17.5 Å². The Labute approximate surface area is 336 Å². The third kappa shape index (κ3) is 5.65. The molecule has 0 radical (unpaired) electrons. The molecule has 4 heteroatoms. The number of benzene rings is 9. The molecule has 0 amide bonds. The second-order valence-corrected chi connectivity index (χ2v) is 14.7. The maximum absolute atomic E-state index is 9.65. The molecule has 268 valence electrons.